The second kappa shape index (κ2) is 3.81. The standard InChI is InChI=1S/C11H15N3O/c12-9-4-3-8(7-10(9)13)11(15)14-5-1-2-6-14/h3-4,7H,1-2,5-6,12-13H2. The highest BCUT2D eigenvalue weighted by molar-refractivity contribution is 5.96. The Morgan fingerprint density at radius 1 is 1.13 bits per heavy atom. The van der Waals surface area contributed by atoms with Gasteiger partial charge in [-0.1, -0.05) is 0 Å². The maximum atomic E-state index is 11.9. The normalized spacial score (nSPS) is 15.6. The van der Waals surface area contributed by atoms with Crippen LogP contribution in [0.25, 0.3) is 0 Å². The van der Waals surface area contributed by atoms with E-state index in [0.29, 0.717) is 16.9 Å². The van der Waals surface area contributed by atoms with Crippen molar-refractivity contribution in [3.63, 3.8) is 0 Å². The Kier molecular flexibility index (Phi) is 2.49. The number of nitrogens with two attached hydrogens (primary N) is 2. The predicted molar refractivity (Wildman–Crippen MR) is 60.4 cm³/mol. The molecule has 1 aromatic rings. The molecule has 80 valence electrons. The number of rotatable bonds is 1. The fourth-order valence-corrected chi connectivity index (χ4v) is 1.81. The van der Waals surface area contributed by atoms with E-state index in [1.807, 2.05) is 4.90 Å². The van der Waals surface area contributed by atoms with Crippen molar-refractivity contribution in [2.45, 2.75) is 12.8 Å². The summed E-state index contributed by atoms with van der Waals surface area (Å²) in [5.74, 6) is 0.0548. The third-order valence-electron chi connectivity index (χ3n) is 2.73. The van der Waals surface area contributed by atoms with Crippen LogP contribution in [0, 0.1) is 0 Å². The molecule has 1 aliphatic rings. The van der Waals surface area contributed by atoms with Gasteiger partial charge in [-0.2, -0.15) is 0 Å². The molecule has 0 bridgehead atoms. The number of hydrogen-bond acceptors (Lipinski definition) is 3. The zero-order chi connectivity index (χ0) is 10.8. The number of likely N-dealkylation sites (tertiary alicyclic amines) is 1. The van der Waals surface area contributed by atoms with Crippen molar-refractivity contribution in [3.05, 3.63) is 23.8 Å². The molecular weight excluding hydrogens is 190 g/mol. The zero-order valence-corrected chi connectivity index (χ0v) is 8.57. The molecule has 0 unspecified atom stereocenters. The third-order valence-corrected chi connectivity index (χ3v) is 2.73. The number of nitrogens with zero attached hydrogens (tertiary/aromatic N) is 1. The van der Waals surface area contributed by atoms with Gasteiger partial charge in [0.25, 0.3) is 5.91 Å². The van der Waals surface area contributed by atoms with Gasteiger partial charge in [0, 0.05) is 18.7 Å². The Morgan fingerprint density at radius 3 is 2.40 bits per heavy atom. The van der Waals surface area contributed by atoms with E-state index in [2.05, 4.69) is 0 Å². The average molecular weight is 205 g/mol. The van der Waals surface area contributed by atoms with Crippen LogP contribution >= 0.6 is 0 Å². The fourth-order valence-electron chi connectivity index (χ4n) is 1.81. The number of nitrogen functional groups attached to an aromatic ring is 2. The molecule has 15 heavy (non-hydrogen) atoms. The van der Waals surface area contributed by atoms with E-state index in [9.17, 15) is 4.79 Å². The van der Waals surface area contributed by atoms with Gasteiger partial charge in [0.15, 0.2) is 0 Å². The summed E-state index contributed by atoms with van der Waals surface area (Å²) >= 11 is 0. The van der Waals surface area contributed by atoms with Crippen molar-refractivity contribution in [1.82, 2.24) is 4.90 Å². The summed E-state index contributed by atoms with van der Waals surface area (Å²) < 4.78 is 0. The van der Waals surface area contributed by atoms with E-state index in [4.69, 9.17) is 11.5 Å². The maximum Gasteiger partial charge on any atom is 0.253 e. The van der Waals surface area contributed by atoms with Crippen molar-refractivity contribution in [1.29, 1.82) is 0 Å². The molecule has 1 amide bonds. The van der Waals surface area contributed by atoms with Gasteiger partial charge in [-0.25, -0.2) is 0 Å². The van der Waals surface area contributed by atoms with Gasteiger partial charge in [-0.05, 0) is 31.0 Å². The minimum Gasteiger partial charge on any atom is -0.397 e. The van der Waals surface area contributed by atoms with Crippen molar-refractivity contribution in [2.75, 3.05) is 24.6 Å². The highest BCUT2D eigenvalue weighted by Gasteiger charge is 2.19. The van der Waals surface area contributed by atoms with E-state index in [1.165, 1.54) is 0 Å². The van der Waals surface area contributed by atoms with Gasteiger partial charge >= 0.3 is 0 Å². The summed E-state index contributed by atoms with van der Waals surface area (Å²) in [5.41, 5.74) is 12.9. The maximum absolute atomic E-state index is 11.9. The van der Waals surface area contributed by atoms with Crippen LogP contribution in [0.3, 0.4) is 0 Å². The molecule has 0 aliphatic carbocycles. The van der Waals surface area contributed by atoms with Crippen LogP contribution < -0.4 is 11.5 Å². The van der Waals surface area contributed by atoms with E-state index in [1.54, 1.807) is 18.2 Å². The van der Waals surface area contributed by atoms with Crippen LogP contribution in [-0.4, -0.2) is 23.9 Å². The predicted octanol–water partition coefficient (Wildman–Crippen LogP) is 1.09. The summed E-state index contributed by atoms with van der Waals surface area (Å²) in [6.45, 7) is 1.70. The molecule has 1 fully saturated rings. The van der Waals surface area contributed by atoms with Crippen LogP contribution in [0.4, 0.5) is 11.4 Å². The van der Waals surface area contributed by atoms with Gasteiger partial charge in [0.1, 0.15) is 0 Å². The molecule has 1 aromatic carbocycles. The molecule has 1 aliphatic heterocycles. The fraction of sp³-hybridized carbons (Fsp3) is 0.364. The molecule has 4 N–H and O–H groups in total. The first-order chi connectivity index (χ1) is 7.18. The smallest absolute Gasteiger partial charge is 0.253 e. The molecular formula is C11H15N3O. The van der Waals surface area contributed by atoms with Gasteiger partial charge in [0.2, 0.25) is 0 Å². The van der Waals surface area contributed by atoms with Crippen LogP contribution in [0.15, 0.2) is 18.2 Å². The molecule has 0 atom stereocenters. The Morgan fingerprint density at radius 2 is 1.80 bits per heavy atom. The second-order valence-electron chi connectivity index (χ2n) is 3.84. The van der Waals surface area contributed by atoms with E-state index in [0.717, 1.165) is 25.9 Å². The lowest BCUT2D eigenvalue weighted by Gasteiger charge is -2.15. The van der Waals surface area contributed by atoms with Gasteiger partial charge in [-0.15, -0.1) is 0 Å². The van der Waals surface area contributed by atoms with Crippen LogP contribution in [-0.2, 0) is 0 Å². The lowest BCUT2D eigenvalue weighted by Crippen LogP contribution is -2.27. The van der Waals surface area contributed by atoms with E-state index in [-0.39, 0.29) is 5.91 Å². The second-order valence-corrected chi connectivity index (χ2v) is 3.84. The molecule has 1 saturated heterocycles. The molecule has 2 rings (SSSR count). The first-order valence-electron chi connectivity index (χ1n) is 5.13. The minimum absolute atomic E-state index is 0.0548. The van der Waals surface area contributed by atoms with Gasteiger partial charge < -0.3 is 16.4 Å². The molecule has 0 spiro atoms. The number of amides is 1. The molecule has 4 heteroatoms. The summed E-state index contributed by atoms with van der Waals surface area (Å²) in [4.78, 5) is 13.8. The molecule has 4 nitrogen and oxygen atoms in total. The highest BCUT2D eigenvalue weighted by atomic mass is 16.2. The Balaban J connectivity index is 2.21. The van der Waals surface area contributed by atoms with Crippen molar-refractivity contribution < 1.29 is 4.79 Å². The number of hydrogen-bond donors (Lipinski definition) is 2. The minimum atomic E-state index is 0.0548. The Labute approximate surface area is 88.9 Å². The lowest BCUT2D eigenvalue weighted by molar-refractivity contribution is 0.0793. The SMILES string of the molecule is Nc1ccc(C(=O)N2CCCC2)cc1N. The number of anilines is 2. The molecule has 0 radical (unpaired) electrons. The van der Waals surface area contributed by atoms with E-state index >= 15 is 0 Å². The van der Waals surface area contributed by atoms with Crippen molar-refractivity contribution in [2.24, 2.45) is 0 Å². The van der Waals surface area contributed by atoms with Gasteiger partial charge in [0.05, 0.1) is 11.4 Å². The molecule has 0 saturated carbocycles. The molecule has 1 heterocycles. The van der Waals surface area contributed by atoms with Crippen LogP contribution in [0.1, 0.15) is 23.2 Å². The summed E-state index contributed by atoms with van der Waals surface area (Å²) in [6.07, 6.45) is 2.19. The average Bonchev–Trinajstić information content (AvgIpc) is 2.74. The molecule has 0 aromatic heterocycles. The van der Waals surface area contributed by atoms with Crippen molar-refractivity contribution >= 4 is 17.3 Å². The van der Waals surface area contributed by atoms with Crippen LogP contribution in [0.5, 0.6) is 0 Å². The monoisotopic (exact) mass is 205 g/mol. The van der Waals surface area contributed by atoms with Crippen molar-refractivity contribution in [3.8, 4) is 0 Å². The highest BCUT2D eigenvalue weighted by Crippen LogP contribution is 2.19. The zero-order valence-electron chi connectivity index (χ0n) is 8.57. The third kappa shape index (κ3) is 1.88. The Bertz CT molecular complexity index is 383. The Hall–Kier alpha value is -1.71. The summed E-state index contributed by atoms with van der Waals surface area (Å²) in [7, 11) is 0. The number of benzene rings is 1. The van der Waals surface area contributed by atoms with Gasteiger partial charge in [-0.3, -0.25) is 4.79 Å². The first-order valence-corrected chi connectivity index (χ1v) is 5.13. The number of carbonyl (C=O) groups is 1. The number of carbonyl (C=O) groups excluding carboxylic acids is 1. The van der Waals surface area contributed by atoms with Crippen LogP contribution in [0.2, 0.25) is 0 Å². The summed E-state index contributed by atoms with van der Waals surface area (Å²) in [5, 5.41) is 0. The first kappa shape index (κ1) is 9.83. The largest absolute Gasteiger partial charge is 0.397 e. The lowest BCUT2D eigenvalue weighted by atomic mass is 10.1. The quantitative estimate of drug-likeness (QED) is 0.674. The summed E-state index contributed by atoms with van der Waals surface area (Å²) in [6, 6.07) is 5.06. The topological polar surface area (TPSA) is 72.4 Å². The van der Waals surface area contributed by atoms with E-state index < -0.39 is 0 Å².